The van der Waals surface area contributed by atoms with E-state index in [-0.39, 0.29) is 4.88 Å². The lowest BCUT2D eigenvalue weighted by molar-refractivity contribution is -0.126. The molecule has 6 nitrogen and oxygen atoms in total. The molecule has 0 saturated carbocycles. The smallest absolute Gasteiger partial charge is 0.365 e. The van der Waals surface area contributed by atoms with Gasteiger partial charge in [0.1, 0.15) is 17.0 Å². The van der Waals surface area contributed by atoms with E-state index >= 15 is 0 Å². The van der Waals surface area contributed by atoms with Crippen molar-refractivity contribution in [2.45, 2.75) is 38.2 Å². The first kappa shape index (κ1) is 19.8. The predicted molar refractivity (Wildman–Crippen MR) is 102 cm³/mol. The van der Waals surface area contributed by atoms with E-state index < -0.39 is 18.9 Å². The van der Waals surface area contributed by atoms with E-state index in [4.69, 9.17) is 0 Å². The summed E-state index contributed by atoms with van der Waals surface area (Å²) in [6, 6.07) is 1.57. The number of anilines is 1. The summed E-state index contributed by atoms with van der Waals surface area (Å²) in [4.78, 5) is 15.6. The second-order valence-electron chi connectivity index (χ2n) is 7.39. The van der Waals surface area contributed by atoms with Gasteiger partial charge in [0.05, 0.1) is 11.8 Å². The second kappa shape index (κ2) is 8.10. The van der Waals surface area contributed by atoms with Crippen molar-refractivity contribution in [2.75, 3.05) is 44.2 Å². The maximum Gasteiger partial charge on any atom is 0.393 e. The molecule has 1 N–H and O–H groups in total. The number of thiophene rings is 1. The first-order valence-corrected chi connectivity index (χ1v) is 10.4. The van der Waals surface area contributed by atoms with Crippen molar-refractivity contribution < 1.29 is 18.3 Å². The molecule has 2 fully saturated rings. The molecule has 2 aliphatic heterocycles. The molecule has 4 rings (SSSR count). The van der Waals surface area contributed by atoms with Crippen molar-refractivity contribution >= 4 is 27.4 Å². The molecule has 0 aromatic carbocycles. The Hall–Kier alpha value is -1.49. The third kappa shape index (κ3) is 4.40. The molecule has 1 atom stereocenters. The minimum absolute atomic E-state index is 0.253. The first-order chi connectivity index (χ1) is 13.4. The number of hydrogen-bond acceptors (Lipinski definition) is 7. The molecular weight excluding hydrogens is 391 g/mol. The minimum atomic E-state index is -4.23. The van der Waals surface area contributed by atoms with E-state index in [1.54, 1.807) is 6.07 Å². The summed E-state index contributed by atoms with van der Waals surface area (Å²) in [5.74, 6) is 0.682. The highest BCUT2D eigenvalue weighted by Crippen LogP contribution is 2.34. The third-order valence-electron chi connectivity index (χ3n) is 5.39. The van der Waals surface area contributed by atoms with Gasteiger partial charge < -0.3 is 10.0 Å². The van der Waals surface area contributed by atoms with Crippen LogP contribution in [0.2, 0.25) is 0 Å². The summed E-state index contributed by atoms with van der Waals surface area (Å²) in [6.45, 7) is 4.55. The molecule has 2 aromatic heterocycles. The molecular formula is C18H24F3N5OS. The van der Waals surface area contributed by atoms with Crippen LogP contribution in [0, 0.1) is 0 Å². The fourth-order valence-electron chi connectivity index (χ4n) is 3.97. The monoisotopic (exact) mass is 415 g/mol. The molecule has 0 aliphatic carbocycles. The quantitative estimate of drug-likeness (QED) is 0.829. The molecule has 2 aromatic rings. The molecule has 154 valence electrons. The maximum atomic E-state index is 12.7. The van der Waals surface area contributed by atoms with Crippen molar-refractivity contribution in [3.8, 4) is 0 Å². The van der Waals surface area contributed by atoms with Gasteiger partial charge in [0, 0.05) is 44.1 Å². The van der Waals surface area contributed by atoms with Gasteiger partial charge >= 0.3 is 6.18 Å². The van der Waals surface area contributed by atoms with Crippen LogP contribution in [0.5, 0.6) is 0 Å². The molecule has 28 heavy (non-hydrogen) atoms. The summed E-state index contributed by atoms with van der Waals surface area (Å²) in [7, 11) is 0. The topological polar surface area (TPSA) is 55.7 Å². The van der Waals surface area contributed by atoms with E-state index in [9.17, 15) is 18.3 Å². The lowest BCUT2D eigenvalue weighted by atomic mass is 10.1. The van der Waals surface area contributed by atoms with Crippen LogP contribution < -0.4 is 4.90 Å². The second-order valence-corrected chi connectivity index (χ2v) is 8.50. The van der Waals surface area contributed by atoms with Crippen LogP contribution in [-0.4, -0.2) is 76.7 Å². The van der Waals surface area contributed by atoms with Crippen LogP contribution in [0.1, 0.15) is 24.1 Å². The van der Waals surface area contributed by atoms with Crippen molar-refractivity contribution in [1.82, 2.24) is 19.8 Å². The minimum Gasteiger partial charge on any atom is -0.365 e. The third-order valence-corrected chi connectivity index (χ3v) is 6.43. The molecule has 0 bridgehead atoms. The molecule has 2 saturated heterocycles. The summed E-state index contributed by atoms with van der Waals surface area (Å²) in [5, 5.41) is 11.3. The number of hydrogen-bond donors (Lipinski definition) is 1. The SMILES string of the molecule is OC(N1CCCCC1)N1CCN(c2ncnc3sc(CC(F)(F)F)cc23)CC1. The number of piperazine rings is 1. The summed E-state index contributed by atoms with van der Waals surface area (Å²) < 4.78 is 38.2. The van der Waals surface area contributed by atoms with Crippen LogP contribution in [0.3, 0.4) is 0 Å². The molecule has 10 heteroatoms. The van der Waals surface area contributed by atoms with Gasteiger partial charge in [-0.3, -0.25) is 9.80 Å². The summed E-state index contributed by atoms with van der Waals surface area (Å²) in [5.41, 5.74) is 0. The van der Waals surface area contributed by atoms with Gasteiger partial charge in [-0.25, -0.2) is 9.97 Å². The number of aliphatic hydroxyl groups is 1. The van der Waals surface area contributed by atoms with Crippen molar-refractivity contribution in [2.24, 2.45) is 0 Å². The molecule has 0 spiro atoms. The van der Waals surface area contributed by atoms with Gasteiger partial charge in [-0.2, -0.15) is 13.2 Å². The fourth-order valence-corrected chi connectivity index (χ4v) is 5.00. The Morgan fingerprint density at radius 3 is 2.36 bits per heavy atom. The predicted octanol–water partition coefficient (Wildman–Crippen LogP) is 2.68. The lowest BCUT2D eigenvalue weighted by Gasteiger charge is -2.42. The van der Waals surface area contributed by atoms with Crippen LogP contribution in [0.15, 0.2) is 12.4 Å². The van der Waals surface area contributed by atoms with E-state index in [0.29, 0.717) is 42.2 Å². The van der Waals surface area contributed by atoms with Crippen molar-refractivity contribution in [3.05, 3.63) is 17.3 Å². The molecule has 0 radical (unpaired) electrons. The zero-order valence-electron chi connectivity index (χ0n) is 15.5. The highest BCUT2D eigenvalue weighted by molar-refractivity contribution is 7.18. The van der Waals surface area contributed by atoms with E-state index in [2.05, 4.69) is 24.7 Å². The number of halogens is 3. The van der Waals surface area contributed by atoms with E-state index in [1.165, 1.54) is 12.7 Å². The highest BCUT2D eigenvalue weighted by Gasteiger charge is 2.31. The Morgan fingerprint density at radius 2 is 1.68 bits per heavy atom. The number of alkyl halides is 3. The average Bonchev–Trinajstić information content (AvgIpc) is 3.08. The number of fused-ring (bicyclic) bond motifs is 1. The standard InChI is InChI=1S/C18H24F3N5OS/c19-18(20,21)11-13-10-14-15(22-12-23-16(14)28-13)24-6-8-26(9-7-24)17(27)25-4-2-1-3-5-25/h10,12,17,27H,1-9,11H2. The first-order valence-electron chi connectivity index (χ1n) is 9.62. The van der Waals surface area contributed by atoms with Gasteiger partial charge in [-0.15, -0.1) is 11.3 Å². The largest absolute Gasteiger partial charge is 0.393 e. The van der Waals surface area contributed by atoms with E-state index in [0.717, 1.165) is 37.3 Å². The Labute approximate surface area is 165 Å². The van der Waals surface area contributed by atoms with Crippen LogP contribution in [0.25, 0.3) is 10.2 Å². The number of aliphatic hydroxyl groups excluding tert-OH is 1. The molecule has 1 unspecified atom stereocenters. The normalized spacial score (nSPS) is 21.4. The zero-order chi connectivity index (χ0) is 19.7. The molecule has 2 aliphatic rings. The van der Waals surface area contributed by atoms with Crippen molar-refractivity contribution in [1.29, 1.82) is 0 Å². The number of nitrogens with zero attached hydrogens (tertiary/aromatic N) is 5. The van der Waals surface area contributed by atoms with Crippen LogP contribution in [0.4, 0.5) is 19.0 Å². The average molecular weight is 415 g/mol. The Kier molecular flexibility index (Phi) is 5.73. The lowest BCUT2D eigenvalue weighted by Crippen LogP contribution is -2.57. The summed E-state index contributed by atoms with van der Waals surface area (Å²) in [6.07, 6.45) is -0.859. The van der Waals surface area contributed by atoms with Gasteiger partial charge in [0.25, 0.3) is 0 Å². The number of piperidine rings is 1. The Balaban J connectivity index is 1.44. The fraction of sp³-hybridized carbons (Fsp3) is 0.667. The Bertz CT molecular complexity index is 800. The van der Waals surface area contributed by atoms with E-state index in [1.807, 2.05) is 0 Å². The van der Waals surface area contributed by atoms with Crippen LogP contribution in [-0.2, 0) is 6.42 Å². The highest BCUT2D eigenvalue weighted by atomic mass is 32.1. The zero-order valence-corrected chi connectivity index (χ0v) is 16.3. The molecule has 4 heterocycles. The number of rotatable bonds is 4. The maximum absolute atomic E-state index is 12.7. The van der Waals surface area contributed by atoms with Gasteiger partial charge in [-0.1, -0.05) is 6.42 Å². The molecule has 0 amide bonds. The van der Waals surface area contributed by atoms with Crippen molar-refractivity contribution in [3.63, 3.8) is 0 Å². The van der Waals surface area contributed by atoms with Gasteiger partial charge in [0.2, 0.25) is 0 Å². The summed E-state index contributed by atoms with van der Waals surface area (Å²) >= 11 is 1.07. The van der Waals surface area contributed by atoms with Gasteiger partial charge in [0.15, 0.2) is 6.35 Å². The van der Waals surface area contributed by atoms with Crippen LogP contribution >= 0.6 is 11.3 Å². The number of likely N-dealkylation sites (tertiary alicyclic amines) is 1. The number of aromatic nitrogens is 2. The Morgan fingerprint density at radius 1 is 1.00 bits per heavy atom. The van der Waals surface area contributed by atoms with Gasteiger partial charge in [-0.05, 0) is 18.9 Å².